The number of phenolic OH excluding ortho intramolecular Hbond substituents is 1. The van der Waals surface area contributed by atoms with E-state index in [9.17, 15) is 9.90 Å². The van der Waals surface area contributed by atoms with Crippen molar-refractivity contribution in [3.63, 3.8) is 0 Å². The highest BCUT2D eigenvalue weighted by Gasteiger charge is 2.22. The normalized spacial score (nSPS) is 14.3. The molecule has 0 saturated carbocycles. The van der Waals surface area contributed by atoms with Crippen molar-refractivity contribution in [2.75, 3.05) is 6.54 Å². The van der Waals surface area contributed by atoms with Crippen molar-refractivity contribution in [1.82, 2.24) is 10.6 Å². The van der Waals surface area contributed by atoms with Gasteiger partial charge in [-0.3, -0.25) is 4.79 Å². The van der Waals surface area contributed by atoms with Gasteiger partial charge in [0, 0.05) is 23.7 Å². The van der Waals surface area contributed by atoms with Crippen molar-refractivity contribution in [3.8, 4) is 5.75 Å². The summed E-state index contributed by atoms with van der Waals surface area (Å²) in [6.07, 6.45) is 8.51. The van der Waals surface area contributed by atoms with E-state index in [4.69, 9.17) is 17.3 Å². The van der Waals surface area contributed by atoms with Gasteiger partial charge in [0.05, 0.1) is 6.04 Å². The Kier molecular flexibility index (Phi) is 12.2. The SMILES string of the molecule is CCCC[C@H](N)CN[C@@H](Cc1ccc(O)cc1)C(=O)N[C@H](/C=C/c1ccc(Cl)cc1)CC(C)C. The summed E-state index contributed by atoms with van der Waals surface area (Å²) >= 11 is 5.99. The Morgan fingerprint density at radius 1 is 1.12 bits per heavy atom. The minimum absolute atomic E-state index is 0.00586. The van der Waals surface area contributed by atoms with Crippen LogP contribution in [-0.2, 0) is 11.2 Å². The number of phenols is 1. The van der Waals surface area contributed by atoms with E-state index >= 15 is 0 Å². The molecule has 5 nitrogen and oxygen atoms in total. The molecule has 2 rings (SSSR count). The van der Waals surface area contributed by atoms with Crippen LogP contribution in [0.15, 0.2) is 54.6 Å². The molecule has 0 aromatic heterocycles. The summed E-state index contributed by atoms with van der Waals surface area (Å²) in [5.74, 6) is 0.581. The number of aromatic hydroxyl groups is 1. The number of rotatable bonds is 14. The van der Waals surface area contributed by atoms with E-state index in [1.165, 1.54) is 0 Å². The lowest BCUT2D eigenvalue weighted by atomic mass is 10.0. The van der Waals surface area contributed by atoms with Gasteiger partial charge in [0.2, 0.25) is 5.91 Å². The van der Waals surface area contributed by atoms with E-state index in [0.29, 0.717) is 23.9 Å². The molecule has 0 spiro atoms. The fraction of sp³-hybridized carbons (Fsp3) is 0.464. The molecule has 0 saturated heterocycles. The summed E-state index contributed by atoms with van der Waals surface area (Å²) in [4.78, 5) is 13.4. The zero-order valence-electron chi connectivity index (χ0n) is 20.6. The average Bonchev–Trinajstić information content (AvgIpc) is 2.80. The summed E-state index contributed by atoms with van der Waals surface area (Å²) in [5, 5.41) is 16.9. The van der Waals surface area contributed by atoms with Gasteiger partial charge in [-0.05, 0) is 60.6 Å². The predicted molar refractivity (Wildman–Crippen MR) is 143 cm³/mol. The van der Waals surface area contributed by atoms with E-state index in [1.54, 1.807) is 12.1 Å². The number of nitrogens with one attached hydrogen (secondary N) is 2. The molecule has 0 heterocycles. The largest absolute Gasteiger partial charge is 0.508 e. The van der Waals surface area contributed by atoms with Crippen LogP contribution in [0.3, 0.4) is 0 Å². The second kappa shape index (κ2) is 14.8. The summed E-state index contributed by atoms with van der Waals surface area (Å²) < 4.78 is 0. The minimum atomic E-state index is -0.421. The number of hydrogen-bond donors (Lipinski definition) is 4. The molecule has 0 aliphatic carbocycles. The molecule has 0 fully saturated rings. The Morgan fingerprint density at radius 2 is 1.79 bits per heavy atom. The van der Waals surface area contributed by atoms with Gasteiger partial charge < -0.3 is 21.5 Å². The molecular formula is C28H40ClN3O2. The first kappa shape index (κ1) is 27.9. The van der Waals surface area contributed by atoms with Crippen molar-refractivity contribution in [1.29, 1.82) is 0 Å². The molecular weight excluding hydrogens is 446 g/mol. The molecule has 5 N–H and O–H groups in total. The maximum Gasteiger partial charge on any atom is 0.237 e. The number of benzene rings is 2. The molecule has 0 radical (unpaired) electrons. The Balaban J connectivity index is 2.12. The first-order chi connectivity index (χ1) is 16.3. The first-order valence-electron chi connectivity index (χ1n) is 12.3. The summed E-state index contributed by atoms with van der Waals surface area (Å²) in [5.41, 5.74) is 8.28. The molecule has 186 valence electrons. The molecule has 0 aliphatic heterocycles. The van der Waals surface area contributed by atoms with Crippen LogP contribution >= 0.6 is 11.6 Å². The van der Waals surface area contributed by atoms with Gasteiger partial charge in [-0.15, -0.1) is 0 Å². The van der Waals surface area contributed by atoms with Crippen LogP contribution in [0.4, 0.5) is 0 Å². The quantitative estimate of drug-likeness (QED) is 0.292. The highest BCUT2D eigenvalue weighted by atomic mass is 35.5. The van der Waals surface area contributed by atoms with Crippen molar-refractivity contribution in [2.45, 2.75) is 71.0 Å². The first-order valence-corrected chi connectivity index (χ1v) is 12.7. The Bertz CT molecular complexity index is 882. The second-order valence-electron chi connectivity index (χ2n) is 9.39. The van der Waals surface area contributed by atoms with Gasteiger partial charge in [0.15, 0.2) is 0 Å². The number of carbonyl (C=O) groups excluding carboxylic acids is 1. The standard InChI is InChI=1S/C28H40ClN3O2/c1-4-5-6-24(30)19-31-27(18-22-10-15-26(33)16-11-22)28(34)32-25(17-20(2)3)14-9-21-7-12-23(29)13-8-21/h7-16,20,24-25,27,31,33H,4-6,17-19,30H2,1-3H3,(H,32,34)/b14-9+/t24-,25+,27-/m0/s1. The lowest BCUT2D eigenvalue weighted by molar-refractivity contribution is -0.123. The molecule has 2 aromatic rings. The third-order valence-electron chi connectivity index (χ3n) is 5.69. The lowest BCUT2D eigenvalue weighted by Gasteiger charge is -2.24. The Hall–Kier alpha value is -2.34. The van der Waals surface area contributed by atoms with Crippen LogP contribution in [-0.4, -0.2) is 35.7 Å². The number of nitrogens with two attached hydrogens (primary N) is 1. The zero-order chi connectivity index (χ0) is 24.9. The van der Waals surface area contributed by atoms with Crippen LogP contribution in [0.1, 0.15) is 57.6 Å². The molecule has 1 amide bonds. The summed E-state index contributed by atoms with van der Waals surface area (Å²) in [6, 6.07) is 14.1. The maximum absolute atomic E-state index is 13.4. The Labute approximate surface area is 209 Å². The minimum Gasteiger partial charge on any atom is -0.508 e. The van der Waals surface area contributed by atoms with Gasteiger partial charge in [0.25, 0.3) is 0 Å². The number of amides is 1. The molecule has 2 aromatic carbocycles. The fourth-order valence-corrected chi connectivity index (χ4v) is 3.89. The van der Waals surface area contributed by atoms with Crippen LogP contribution in [0.5, 0.6) is 5.75 Å². The molecule has 0 aliphatic rings. The maximum atomic E-state index is 13.4. The highest BCUT2D eigenvalue weighted by molar-refractivity contribution is 6.30. The molecule has 0 bridgehead atoms. The molecule has 3 atom stereocenters. The van der Waals surface area contributed by atoms with Crippen molar-refractivity contribution in [3.05, 3.63) is 70.8 Å². The topological polar surface area (TPSA) is 87.4 Å². The number of hydrogen-bond acceptors (Lipinski definition) is 4. The number of unbranched alkanes of at least 4 members (excludes halogenated alkanes) is 1. The highest BCUT2D eigenvalue weighted by Crippen LogP contribution is 2.14. The molecule has 6 heteroatoms. The third kappa shape index (κ3) is 10.7. The van der Waals surface area contributed by atoms with Crippen molar-refractivity contribution < 1.29 is 9.90 Å². The van der Waals surface area contributed by atoms with Gasteiger partial charge >= 0.3 is 0 Å². The van der Waals surface area contributed by atoms with Gasteiger partial charge in [-0.2, -0.15) is 0 Å². The van der Waals surface area contributed by atoms with Crippen LogP contribution in [0.2, 0.25) is 5.02 Å². The van der Waals surface area contributed by atoms with Crippen LogP contribution in [0, 0.1) is 5.92 Å². The van der Waals surface area contributed by atoms with E-state index < -0.39 is 6.04 Å². The third-order valence-corrected chi connectivity index (χ3v) is 5.94. The van der Waals surface area contributed by atoms with E-state index in [-0.39, 0.29) is 23.7 Å². The van der Waals surface area contributed by atoms with E-state index in [1.807, 2.05) is 48.6 Å². The smallest absolute Gasteiger partial charge is 0.237 e. The monoisotopic (exact) mass is 485 g/mol. The summed E-state index contributed by atoms with van der Waals surface area (Å²) in [7, 11) is 0. The second-order valence-corrected chi connectivity index (χ2v) is 9.83. The lowest BCUT2D eigenvalue weighted by Crippen LogP contribution is -2.51. The van der Waals surface area contributed by atoms with Crippen molar-refractivity contribution in [2.24, 2.45) is 11.7 Å². The van der Waals surface area contributed by atoms with Gasteiger partial charge in [0.1, 0.15) is 5.75 Å². The van der Waals surface area contributed by atoms with Gasteiger partial charge in [-0.1, -0.05) is 81.6 Å². The fourth-order valence-electron chi connectivity index (χ4n) is 3.77. The van der Waals surface area contributed by atoms with E-state index in [0.717, 1.165) is 36.8 Å². The van der Waals surface area contributed by atoms with Gasteiger partial charge in [-0.25, -0.2) is 0 Å². The van der Waals surface area contributed by atoms with Crippen LogP contribution in [0.25, 0.3) is 6.08 Å². The number of carbonyl (C=O) groups is 1. The van der Waals surface area contributed by atoms with Crippen molar-refractivity contribution >= 4 is 23.6 Å². The molecule has 0 unspecified atom stereocenters. The predicted octanol–water partition coefficient (Wildman–Crippen LogP) is 5.31. The van der Waals surface area contributed by atoms with E-state index in [2.05, 4.69) is 31.4 Å². The summed E-state index contributed by atoms with van der Waals surface area (Å²) in [6.45, 7) is 7.02. The average molecular weight is 486 g/mol. The zero-order valence-corrected chi connectivity index (χ0v) is 21.4. The van der Waals surface area contributed by atoms with Crippen LogP contribution < -0.4 is 16.4 Å². The molecule has 34 heavy (non-hydrogen) atoms. The number of halogens is 1. The Morgan fingerprint density at radius 3 is 2.41 bits per heavy atom.